The van der Waals surface area contributed by atoms with Crippen molar-refractivity contribution in [3.63, 3.8) is 0 Å². The molecule has 1 rings (SSSR count). The molecular formula is C13H16F4O. The quantitative estimate of drug-likeness (QED) is 0.803. The van der Waals surface area contributed by atoms with Crippen LogP contribution in [0.25, 0.3) is 0 Å². The van der Waals surface area contributed by atoms with Gasteiger partial charge in [-0.3, -0.25) is 0 Å². The van der Waals surface area contributed by atoms with Crippen molar-refractivity contribution in [3.8, 4) is 0 Å². The lowest BCUT2D eigenvalue weighted by Crippen LogP contribution is -2.15. The van der Waals surface area contributed by atoms with E-state index in [1.54, 1.807) is 6.92 Å². The van der Waals surface area contributed by atoms with E-state index in [-0.39, 0.29) is 11.5 Å². The van der Waals surface area contributed by atoms with Gasteiger partial charge in [-0.1, -0.05) is 32.4 Å². The normalized spacial score (nSPS) is 15.5. The van der Waals surface area contributed by atoms with E-state index in [1.165, 1.54) is 6.07 Å². The molecule has 0 fully saturated rings. The highest BCUT2D eigenvalue weighted by molar-refractivity contribution is 5.29. The minimum atomic E-state index is -4.74. The summed E-state index contributed by atoms with van der Waals surface area (Å²) >= 11 is 0. The van der Waals surface area contributed by atoms with Crippen molar-refractivity contribution in [2.45, 2.75) is 39.0 Å². The largest absolute Gasteiger partial charge is 0.419 e. The van der Waals surface area contributed by atoms with Crippen molar-refractivity contribution in [2.24, 2.45) is 5.92 Å². The van der Waals surface area contributed by atoms with Crippen LogP contribution >= 0.6 is 0 Å². The van der Waals surface area contributed by atoms with E-state index in [0.717, 1.165) is 12.5 Å². The number of aliphatic hydroxyl groups excluding tert-OH is 1. The van der Waals surface area contributed by atoms with Crippen molar-refractivity contribution in [1.82, 2.24) is 0 Å². The molecule has 0 heterocycles. The zero-order valence-electron chi connectivity index (χ0n) is 10.3. The molecule has 0 aromatic heterocycles. The van der Waals surface area contributed by atoms with Crippen LogP contribution in [0.3, 0.4) is 0 Å². The second kappa shape index (κ2) is 5.69. The van der Waals surface area contributed by atoms with E-state index in [4.69, 9.17) is 0 Å². The first-order chi connectivity index (χ1) is 8.29. The van der Waals surface area contributed by atoms with Crippen LogP contribution in [0.4, 0.5) is 17.6 Å². The zero-order chi connectivity index (χ0) is 13.9. The van der Waals surface area contributed by atoms with Crippen molar-refractivity contribution in [2.75, 3.05) is 0 Å². The van der Waals surface area contributed by atoms with Gasteiger partial charge in [-0.05, 0) is 18.4 Å². The van der Waals surface area contributed by atoms with E-state index >= 15 is 0 Å². The maximum absolute atomic E-state index is 13.7. The fourth-order valence-corrected chi connectivity index (χ4v) is 1.92. The molecule has 0 bridgehead atoms. The van der Waals surface area contributed by atoms with E-state index in [1.807, 2.05) is 6.92 Å². The molecule has 18 heavy (non-hydrogen) atoms. The molecule has 0 aliphatic heterocycles. The molecule has 0 spiro atoms. The van der Waals surface area contributed by atoms with Crippen LogP contribution in [0.2, 0.25) is 0 Å². The Morgan fingerprint density at radius 2 is 1.89 bits per heavy atom. The summed E-state index contributed by atoms with van der Waals surface area (Å²) < 4.78 is 51.3. The summed E-state index contributed by atoms with van der Waals surface area (Å²) in [4.78, 5) is 0. The van der Waals surface area contributed by atoms with Gasteiger partial charge in [-0.15, -0.1) is 0 Å². The lowest BCUT2D eigenvalue weighted by Gasteiger charge is -2.20. The third-order valence-corrected chi connectivity index (χ3v) is 2.94. The molecule has 2 unspecified atom stereocenters. The summed E-state index contributed by atoms with van der Waals surface area (Å²) in [7, 11) is 0. The predicted octanol–water partition coefficient (Wildman–Crippen LogP) is 4.31. The Balaban J connectivity index is 3.11. The molecule has 0 saturated heterocycles. The number of alkyl halides is 3. The lowest BCUT2D eigenvalue weighted by molar-refractivity contribution is -0.140. The van der Waals surface area contributed by atoms with Gasteiger partial charge in [0, 0.05) is 5.56 Å². The SMILES string of the molecule is CCCC(C)C(O)c1cccc(C(F)(F)F)c1F. The third-order valence-electron chi connectivity index (χ3n) is 2.94. The highest BCUT2D eigenvalue weighted by atomic mass is 19.4. The van der Waals surface area contributed by atoms with Gasteiger partial charge in [0.1, 0.15) is 5.82 Å². The van der Waals surface area contributed by atoms with Gasteiger partial charge in [-0.25, -0.2) is 4.39 Å². The topological polar surface area (TPSA) is 20.2 Å². The molecule has 1 aromatic carbocycles. The van der Waals surface area contributed by atoms with Gasteiger partial charge in [0.15, 0.2) is 0 Å². The van der Waals surface area contributed by atoms with Crippen molar-refractivity contribution in [1.29, 1.82) is 0 Å². The average molecular weight is 264 g/mol. The second-order valence-corrected chi connectivity index (χ2v) is 4.42. The molecule has 102 valence electrons. The number of hydrogen-bond acceptors (Lipinski definition) is 1. The maximum Gasteiger partial charge on any atom is 0.419 e. The van der Waals surface area contributed by atoms with Gasteiger partial charge in [0.05, 0.1) is 11.7 Å². The number of hydrogen-bond donors (Lipinski definition) is 1. The van der Waals surface area contributed by atoms with Crippen LogP contribution in [-0.4, -0.2) is 5.11 Å². The van der Waals surface area contributed by atoms with Crippen molar-refractivity contribution < 1.29 is 22.7 Å². The summed E-state index contributed by atoms with van der Waals surface area (Å²) in [5, 5.41) is 9.88. The number of halogens is 4. The van der Waals surface area contributed by atoms with E-state index in [9.17, 15) is 22.7 Å². The first-order valence-electron chi connectivity index (χ1n) is 5.82. The Morgan fingerprint density at radius 1 is 1.28 bits per heavy atom. The summed E-state index contributed by atoms with van der Waals surface area (Å²) in [5.41, 5.74) is -1.62. The van der Waals surface area contributed by atoms with Crippen LogP contribution in [0.15, 0.2) is 18.2 Å². The molecule has 2 atom stereocenters. The number of aliphatic hydroxyl groups is 1. The lowest BCUT2D eigenvalue weighted by atomic mass is 9.92. The molecule has 5 heteroatoms. The van der Waals surface area contributed by atoms with Crippen LogP contribution < -0.4 is 0 Å². The zero-order valence-corrected chi connectivity index (χ0v) is 10.3. The summed E-state index contributed by atoms with van der Waals surface area (Å²) in [6.07, 6.45) is -4.56. The van der Waals surface area contributed by atoms with Crippen LogP contribution in [0.5, 0.6) is 0 Å². The monoisotopic (exact) mass is 264 g/mol. The Hall–Kier alpha value is -1.10. The van der Waals surface area contributed by atoms with Gasteiger partial charge in [-0.2, -0.15) is 13.2 Å². The molecule has 0 amide bonds. The first kappa shape index (κ1) is 15.0. The predicted molar refractivity (Wildman–Crippen MR) is 60.4 cm³/mol. The minimum Gasteiger partial charge on any atom is -0.388 e. The molecule has 0 aliphatic rings. The highest BCUT2D eigenvalue weighted by Crippen LogP contribution is 2.35. The summed E-state index contributed by atoms with van der Waals surface area (Å²) in [6, 6.07) is 2.99. The first-order valence-corrected chi connectivity index (χ1v) is 5.82. The van der Waals surface area contributed by atoms with Crippen molar-refractivity contribution in [3.05, 3.63) is 35.1 Å². The van der Waals surface area contributed by atoms with E-state index < -0.39 is 23.7 Å². The van der Waals surface area contributed by atoms with Crippen LogP contribution in [-0.2, 0) is 6.18 Å². The number of rotatable bonds is 4. The van der Waals surface area contributed by atoms with Gasteiger partial charge in [0.2, 0.25) is 0 Å². The van der Waals surface area contributed by atoms with E-state index in [2.05, 4.69) is 0 Å². The molecule has 1 nitrogen and oxygen atoms in total. The highest BCUT2D eigenvalue weighted by Gasteiger charge is 2.36. The minimum absolute atomic E-state index is 0.284. The summed E-state index contributed by atoms with van der Waals surface area (Å²) in [6.45, 7) is 3.58. The fourth-order valence-electron chi connectivity index (χ4n) is 1.92. The number of benzene rings is 1. The van der Waals surface area contributed by atoms with Gasteiger partial charge in [0.25, 0.3) is 0 Å². The standard InChI is InChI=1S/C13H16F4O/c1-3-5-8(2)12(18)9-6-4-7-10(11(9)14)13(15,16)17/h4,6-8,12,18H,3,5H2,1-2H3. The Bertz CT molecular complexity index is 400. The van der Waals surface area contributed by atoms with Crippen LogP contribution in [0, 0.1) is 11.7 Å². The fraction of sp³-hybridized carbons (Fsp3) is 0.538. The molecule has 0 aliphatic carbocycles. The molecule has 1 N–H and O–H groups in total. The third kappa shape index (κ3) is 3.22. The van der Waals surface area contributed by atoms with Crippen LogP contribution in [0.1, 0.15) is 43.9 Å². The molecular weight excluding hydrogens is 248 g/mol. The molecule has 0 radical (unpaired) electrons. The second-order valence-electron chi connectivity index (χ2n) is 4.42. The van der Waals surface area contributed by atoms with Gasteiger partial charge >= 0.3 is 6.18 Å². The van der Waals surface area contributed by atoms with Gasteiger partial charge < -0.3 is 5.11 Å². The van der Waals surface area contributed by atoms with E-state index in [0.29, 0.717) is 12.5 Å². The molecule has 1 aromatic rings. The Labute approximate surface area is 103 Å². The smallest absolute Gasteiger partial charge is 0.388 e. The van der Waals surface area contributed by atoms with Crippen molar-refractivity contribution >= 4 is 0 Å². The summed E-state index contributed by atoms with van der Waals surface area (Å²) in [5.74, 6) is -1.66. The Morgan fingerprint density at radius 3 is 2.39 bits per heavy atom. The molecule has 0 saturated carbocycles. The Kier molecular flexibility index (Phi) is 4.73. The average Bonchev–Trinajstić information content (AvgIpc) is 2.27. The maximum atomic E-state index is 13.7.